The Kier molecular flexibility index (Phi) is 8.63. The van der Waals surface area contributed by atoms with E-state index in [4.69, 9.17) is 25.9 Å². The number of hydrogen-bond donors (Lipinski definition) is 0. The van der Waals surface area contributed by atoms with Gasteiger partial charge in [-0.15, -0.1) is 19.6 Å². The number of terminal acetylenes is 1. The van der Waals surface area contributed by atoms with Gasteiger partial charge in [-0.3, -0.25) is 14.5 Å². The number of ether oxygens (including phenoxy) is 3. The van der Waals surface area contributed by atoms with E-state index < -0.39 is 35.2 Å². The van der Waals surface area contributed by atoms with Crippen molar-refractivity contribution in [1.29, 1.82) is 0 Å². The van der Waals surface area contributed by atoms with Crippen LogP contribution < -0.4 is 9.64 Å². The van der Waals surface area contributed by atoms with Gasteiger partial charge in [0.2, 0.25) is 0 Å². The topological polar surface area (TPSA) is 93.2 Å². The molecule has 2 aromatic carbocycles. The average molecular weight is 777 g/mol. The van der Waals surface area contributed by atoms with Crippen LogP contribution in [0.1, 0.15) is 70.6 Å². The number of pyridine rings is 1. The number of benzene rings is 2. The molecule has 4 saturated heterocycles. The second-order valence-corrected chi connectivity index (χ2v) is 16.6. The number of carbonyl (C=O) groups is 1. The van der Waals surface area contributed by atoms with Crippen molar-refractivity contribution in [3.8, 4) is 29.6 Å². The van der Waals surface area contributed by atoms with Crippen LogP contribution in [0.3, 0.4) is 0 Å². The monoisotopic (exact) mass is 776 g/mol. The smallest absolute Gasteiger partial charge is 0.461 e. The molecule has 15 heteroatoms. The minimum Gasteiger partial charge on any atom is -0.461 e. The van der Waals surface area contributed by atoms with E-state index in [-0.39, 0.29) is 66.6 Å². The van der Waals surface area contributed by atoms with Crippen molar-refractivity contribution in [2.45, 2.75) is 107 Å². The molecule has 4 aromatic rings. The summed E-state index contributed by atoms with van der Waals surface area (Å²) in [5.74, 6) is 1.45. The average Bonchev–Trinajstić information content (AvgIpc) is 3.74. The molecule has 5 aliphatic rings. The van der Waals surface area contributed by atoms with Crippen LogP contribution in [0.4, 0.5) is 32.6 Å². The number of nitrogens with zero attached hydrogens (tertiary/aromatic N) is 6. The molecule has 0 aliphatic carbocycles. The van der Waals surface area contributed by atoms with Gasteiger partial charge in [0.15, 0.2) is 5.82 Å². The highest BCUT2D eigenvalue weighted by Crippen LogP contribution is 2.46. The molecule has 10 nitrogen and oxygen atoms in total. The lowest BCUT2D eigenvalue weighted by atomic mass is 9.94. The molecule has 9 rings (SSSR count). The summed E-state index contributed by atoms with van der Waals surface area (Å²) in [4.78, 5) is 34.0. The Morgan fingerprint density at radius 2 is 1.84 bits per heavy atom. The minimum absolute atomic E-state index is 0.0159. The summed E-state index contributed by atoms with van der Waals surface area (Å²) < 4.78 is 88.8. The molecule has 2 unspecified atom stereocenters. The molecule has 56 heavy (non-hydrogen) atoms. The van der Waals surface area contributed by atoms with Crippen LogP contribution in [0.25, 0.3) is 32.9 Å². The van der Waals surface area contributed by atoms with Crippen LogP contribution in [-0.4, -0.2) is 98.8 Å². The molecule has 7 heterocycles. The van der Waals surface area contributed by atoms with Crippen molar-refractivity contribution in [2.75, 3.05) is 31.1 Å². The maximum absolute atomic E-state index is 17.4. The number of fused-ring (bicyclic) bond motifs is 7. The number of aromatic nitrogens is 3. The lowest BCUT2D eigenvalue weighted by molar-refractivity contribution is -0.340. The Bertz CT molecular complexity index is 2310. The Morgan fingerprint density at radius 3 is 2.61 bits per heavy atom. The lowest BCUT2D eigenvalue weighted by Gasteiger charge is -2.47. The fourth-order valence-corrected chi connectivity index (χ4v) is 9.98. The van der Waals surface area contributed by atoms with Crippen LogP contribution in [0, 0.1) is 24.0 Å². The third-order valence-corrected chi connectivity index (χ3v) is 12.1. The molecule has 5 aliphatic heterocycles. The fraction of sp³-hybridized carbons (Fsp3) is 0.512. The fourth-order valence-electron chi connectivity index (χ4n) is 9.98. The van der Waals surface area contributed by atoms with Crippen molar-refractivity contribution in [3.63, 3.8) is 0 Å². The summed E-state index contributed by atoms with van der Waals surface area (Å²) in [5, 5.41) is 1.36. The standard InChI is InChI=1S/C41H41F5N6O4/c1-5-25-27(42)12-10-22-8-6-9-26(31(22)25)34-33(43)35-32-28(47-34)13-15-29-30-14-11-23(52(30)38(53)56-39(2,3)4)19-51(29)36(32)49-37(48-35)54-21-40-16-7-17-50(40)20-24(18-40)55-41(44,45)46/h1,6,8-10,12,23-24,29-30H,7,11,13-21H2,2-4H3/t23-,24?,29-,30+,40?/m1/s1. The zero-order valence-corrected chi connectivity index (χ0v) is 31.3. The number of piperazine rings is 1. The van der Waals surface area contributed by atoms with Gasteiger partial charge in [-0.2, -0.15) is 9.97 Å². The van der Waals surface area contributed by atoms with Crippen LogP contribution in [0.5, 0.6) is 6.01 Å². The van der Waals surface area contributed by atoms with Crippen molar-refractivity contribution >= 4 is 33.6 Å². The van der Waals surface area contributed by atoms with Crippen molar-refractivity contribution in [1.82, 2.24) is 24.8 Å². The maximum atomic E-state index is 17.4. The third kappa shape index (κ3) is 6.16. The maximum Gasteiger partial charge on any atom is 0.522 e. The minimum atomic E-state index is -4.77. The van der Waals surface area contributed by atoms with Crippen LogP contribution in [0.2, 0.25) is 0 Å². The Balaban J connectivity index is 1.17. The number of alkyl halides is 3. The first kappa shape index (κ1) is 36.8. The second-order valence-electron chi connectivity index (χ2n) is 16.6. The van der Waals surface area contributed by atoms with Crippen LogP contribution in [0.15, 0.2) is 30.3 Å². The van der Waals surface area contributed by atoms with Crippen LogP contribution >= 0.6 is 0 Å². The van der Waals surface area contributed by atoms with Gasteiger partial charge in [0.25, 0.3) is 0 Å². The molecular weight excluding hydrogens is 735 g/mol. The van der Waals surface area contributed by atoms with Gasteiger partial charge >= 0.3 is 18.5 Å². The molecule has 5 atom stereocenters. The first-order valence-corrected chi connectivity index (χ1v) is 19.1. The molecule has 2 bridgehead atoms. The molecule has 0 N–H and O–H groups in total. The highest BCUT2D eigenvalue weighted by atomic mass is 19.4. The van der Waals surface area contributed by atoms with E-state index in [2.05, 4.69) is 20.5 Å². The van der Waals surface area contributed by atoms with E-state index in [1.165, 1.54) is 6.07 Å². The first-order chi connectivity index (χ1) is 26.6. The van der Waals surface area contributed by atoms with Crippen LogP contribution in [-0.2, 0) is 15.9 Å². The normalized spacial score (nSPS) is 26.0. The van der Waals surface area contributed by atoms with E-state index >= 15 is 8.78 Å². The van der Waals surface area contributed by atoms with Gasteiger partial charge in [-0.25, -0.2) is 18.6 Å². The van der Waals surface area contributed by atoms with Gasteiger partial charge in [0.05, 0.1) is 46.4 Å². The number of aryl methyl sites for hydroxylation is 1. The summed E-state index contributed by atoms with van der Waals surface area (Å²) in [6, 6.07) is 7.23. The molecule has 0 saturated carbocycles. The van der Waals surface area contributed by atoms with E-state index in [1.54, 1.807) is 24.3 Å². The zero-order chi connectivity index (χ0) is 39.3. The molecule has 0 spiro atoms. The molecular formula is C41H41F5N6O4. The van der Waals surface area contributed by atoms with Gasteiger partial charge in [-0.05, 0) is 83.7 Å². The van der Waals surface area contributed by atoms with E-state index in [0.717, 1.165) is 19.3 Å². The highest BCUT2D eigenvalue weighted by Gasteiger charge is 2.53. The summed E-state index contributed by atoms with van der Waals surface area (Å²) in [6.45, 7) is 6.57. The summed E-state index contributed by atoms with van der Waals surface area (Å²) in [6.07, 6.45) is 3.49. The number of halogens is 5. The van der Waals surface area contributed by atoms with Crippen molar-refractivity contribution in [2.24, 2.45) is 0 Å². The second kappa shape index (κ2) is 13.1. The molecule has 4 fully saturated rings. The molecule has 1 amide bonds. The number of rotatable bonds is 5. The number of anilines is 1. The predicted molar refractivity (Wildman–Crippen MR) is 197 cm³/mol. The largest absolute Gasteiger partial charge is 0.522 e. The number of amides is 1. The predicted octanol–water partition coefficient (Wildman–Crippen LogP) is 7.53. The molecule has 294 valence electrons. The third-order valence-electron chi connectivity index (χ3n) is 12.1. The van der Waals surface area contributed by atoms with Crippen molar-refractivity contribution in [3.05, 3.63) is 53.2 Å². The summed E-state index contributed by atoms with van der Waals surface area (Å²) >= 11 is 0. The summed E-state index contributed by atoms with van der Waals surface area (Å²) in [5.41, 5.74) is -0.720. The van der Waals surface area contributed by atoms with Gasteiger partial charge in [0.1, 0.15) is 35.1 Å². The van der Waals surface area contributed by atoms with Gasteiger partial charge < -0.3 is 14.4 Å². The zero-order valence-electron chi connectivity index (χ0n) is 31.3. The SMILES string of the molecule is C#Cc1c(F)ccc2cccc(-c3nc4c5c(nc(OCC67CCCN6CC(OC(F)(F)F)C7)nc5c3F)N3C[C@H]5CC[C@@H]([C@H]3CC4)N5C(=O)OC(C)(C)C)c12. The van der Waals surface area contributed by atoms with E-state index in [9.17, 15) is 18.0 Å². The molecule has 0 radical (unpaired) electrons. The lowest BCUT2D eigenvalue weighted by Crippen LogP contribution is -2.62. The number of carbonyl (C=O) groups excluding carboxylic acids is 1. The van der Waals surface area contributed by atoms with Crippen molar-refractivity contribution < 1.29 is 41.0 Å². The Morgan fingerprint density at radius 1 is 1.02 bits per heavy atom. The van der Waals surface area contributed by atoms with E-state index in [0.29, 0.717) is 65.6 Å². The summed E-state index contributed by atoms with van der Waals surface area (Å²) in [7, 11) is 0. The highest BCUT2D eigenvalue weighted by molar-refractivity contribution is 6.03. The number of hydrogen-bond acceptors (Lipinski definition) is 9. The Hall–Kier alpha value is -4.81. The molecule has 2 aromatic heterocycles. The van der Waals surface area contributed by atoms with Gasteiger partial charge in [-0.1, -0.05) is 30.2 Å². The van der Waals surface area contributed by atoms with Gasteiger partial charge in [0, 0.05) is 24.0 Å². The Labute approximate surface area is 320 Å². The first-order valence-electron chi connectivity index (χ1n) is 19.1. The van der Waals surface area contributed by atoms with E-state index in [1.807, 2.05) is 30.6 Å². The quantitative estimate of drug-likeness (QED) is 0.151.